The van der Waals surface area contributed by atoms with Gasteiger partial charge in [-0.1, -0.05) is 29.3 Å². The zero-order chi connectivity index (χ0) is 13.3. The lowest BCUT2D eigenvalue weighted by molar-refractivity contribution is 0.0602. The van der Waals surface area contributed by atoms with Crippen LogP contribution in [0.5, 0.6) is 0 Å². The molecule has 1 heterocycles. The van der Waals surface area contributed by atoms with Crippen molar-refractivity contribution in [1.82, 2.24) is 9.78 Å². The Hall–Kier alpha value is -1.72. The van der Waals surface area contributed by atoms with Crippen LogP contribution in [0.3, 0.4) is 0 Å². The third-order valence-corrected chi connectivity index (χ3v) is 2.97. The lowest BCUT2D eigenvalue weighted by atomic mass is 10.3. The van der Waals surface area contributed by atoms with Crippen LogP contribution in [0.25, 0.3) is 5.69 Å². The van der Waals surface area contributed by atoms with Gasteiger partial charge in [-0.3, -0.25) is 0 Å². The van der Waals surface area contributed by atoms with Gasteiger partial charge in [0.05, 0.1) is 23.4 Å². The second-order valence-electron chi connectivity index (χ2n) is 3.42. The molecule has 0 radical (unpaired) electrons. The Morgan fingerprint density at radius 3 is 2.56 bits per heavy atom. The van der Waals surface area contributed by atoms with Crippen LogP contribution < -0.4 is 5.73 Å². The van der Waals surface area contributed by atoms with Crippen LogP contribution >= 0.6 is 23.2 Å². The zero-order valence-electron chi connectivity index (χ0n) is 9.35. The van der Waals surface area contributed by atoms with Crippen LogP contribution in [0.15, 0.2) is 24.4 Å². The van der Waals surface area contributed by atoms with Crippen LogP contribution in [0.2, 0.25) is 10.0 Å². The third kappa shape index (κ3) is 2.02. The molecule has 0 spiro atoms. The standard InChI is InChI=1S/C11H9Cl2N3O2/c1-18-11(17)6-5-15-16(10(6)14)9-7(12)3-2-4-8(9)13/h2-5H,14H2,1H3. The Morgan fingerprint density at radius 1 is 1.39 bits per heavy atom. The molecule has 0 saturated heterocycles. The number of nitrogen functional groups attached to an aromatic ring is 1. The molecule has 1 aromatic heterocycles. The minimum Gasteiger partial charge on any atom is -0.465 e. The molecule has 0 atom stereocenters. The molecule has 18 heavy (non-hydrogen) atoms. The Kier molecular flexibility index (Phi) is 3.45. The first kappa shape index (κ1) is 12.7. The first-order valence-electron chi connectivity index (χ1n) is 4.92. The van der Waals surface area contributed by atoms with Crippen molar-refractivity contribution in [3.8, 4) is 5.69 Å². The van der Waals surface area contributed by atoms with Gasteiger partial charge in [0.2, 0.25) is 0 Å². The number of rotatable bonds is 2. The molecule has 7 heteroatoms. The fraction of sp³-hybridized carbons (Fsp3) is 0.0909. The number of ether oxygens (including phenoxy) is 1. The summed E-state index contributed by atoms with van der Waals surface area (Å²) in [6.07, 6.45) is 1.31. The van der Waals surface area contributed by atoms with Crippen molar-refractivity contribution in [3.05, 3.63) is 40.0 Å². The number of nitrogens with zero attached hydrogens (tertiary/aromatic N) is 2. The molecule has 0 aliphatic carbocycles. The minimum absolute atomic E-state index is 0.122. The van der Waals surface area contributed by atoms with E-state index in [0.29, 0.717) is 15.7 Å². The maximum absolute atomic E-state index is 11.4. The number of para-hydroxylation sites is 1. The predicted molar refractivity (Wildman–Crippen MR) is 69.3 cm³/mol. The largest absolute Gasteiger partial charge is 0.465 e. The Balaban J connectivity index is 2.60. The van der Waals surface area contributed by atoms with Crippen molar-refractivity contribution in [1.29, 1.82) is 0 Å². The van der Waals surface area contributed by atoms with Gasteiger partial charge in [-0.15, -0.1) is 0 Å². The summed E-state index contributed by atoms with van der Waals surface area (Å²) in [6, 6.07) is 5.01. The molecule has 0 fully saturated rings. The topological polar surface area (TPSA) is 70.1 Å². The maximum Gasteiger partial charge on any atom is 0.343 e. The van der Waals surface area contributed by atoms with E-state index in [2.05, 4.69) is 9.84 Å². The number of anilines is 1. The molecule has 0 bridgehead atoms. The highest BCUT2D eigenvalue weighted by Gasteiger charge is 2.19. The van der Waals surface area contributed by atoms with Gasteiger partial charge in [-0.2, -0.15) is 5.10 Å². The summed E-state index contributed by atoms with van der Waals surface area (Å²) in [5.41, 5.74) is 6.42. The number of carbonyl (C=O) groups excluding carboxylic acids is 1. The van der Waals surface area contributed by atoms with Crippen LogP contribution in [0.4, 0.5) is 5.82 Å². The smallest absolute Gasteiger partial charge is 0.343 e. The van der Waals surface area contributed by atoms with Crippen molar-refractivity contribution in [2.45, 2.75) is 0 Å². The zero-order valence-corrected chi connectivity index (χ0v) is 10.9. The first-order chi connectivity index (χ1) is 8.56. The number of hydrogen-bond acceptors (Lipinski definition) is 4. The van der Waals surface area contributed by atoms with E-state index >= 15 is 0 Å². The molecular formula is C11H9Cl2N3O2. The van der Waals surface area contributed by atoms with Crippen molar-refractivity contribution in [3.63, 3.8) is 0 Å². The van der Waals surface area contributed by atoms with Gasteiger partial charge < -0.3 is 10.5 Å². The normalized spacial score (nSPS) is 10.4. The quantitative estimate of drug-likeness (QED) is 0.861. The average molecular weight is 286 g/mol. The predicted octanol–water partition coefficient (Wildman–Crippen LogP) is 2.55. The maximum atomic E-state index is 11.4. The van der Waals surface area contributed by atoms with Gasteiger partial charge in [0.15, 0.2) is 0 Å². The summed E-state index contributed by atoms with van der Waals surface area (Å²) in [5, 5.41) is 4.76. The molecule has 2 N–H and O–H groups in total. The molecule has 94 valence electrons. The Morgan fingerprint density at radius 2 is 2.00 bits per heavy atom. The van der Waals surface area contributed by atoms with E-state index in [0.717, 1.165) is 0 Å². The number of benzene rings is 1. The highest BCUT2D eigenvalue weighted by Crippen LogP contribution is 2.30. The van der Waals surface area contributed by atoms with Crippen LogP contribution in [0, 0.1) is 0 Å². The summed E-state index contributed by atoms with van der Waals surface area (Å²) in [4.78, 5) is 11.4. The molecule has 0 aliphatic rings. The molecule has 5 nitrogen and oxygen atoms in total. The molecule has 1 aromatic carbocycles. The van der Waals surface area contributed by atoms with Gasteiger partial charge in [-0.05, 0) is 12.1 Å². The van der Waals surface area contributed by atoms with Crippen LogP contribution in [-0.2, 0) is 4.74 Å². The number of methoxy groups -OCH3 is 1. The summed E-state index contributed by atoms with van der Waals surface area (Å²) in [6.45, 7) is 0. The number of nitrogens with two attached hydrogens (primary N) is 1. The Labute approximate surface area is 113 Å². The van der Waals surface area contributed by atoms with Crippen LogP contribution in [-0.4, -0.2) is 22.9 Å². The number of hydrogen-bond donors (Lipinski definition) is 1. The first-order valence-corrected chi connectivity index (χ1v) is 5.68. The van der Waals surface area contributed by atoms with Crippen molar-refractivity contribution in [2.75, 3.05) is 12.8 Å². The highest BCUT2D eigenvalue weighted by atomic mass is 35.5. The van der Waals surface area contributed by atoms with Gasteiger partial charge >= 0.3 is 5.97 Å². The van der Waals surface area contributed by atoms with E-state index < -0.39 is 5.97 Å². The SMILES string of the molecule is COC(=O)c1cnn(-c2c(Cl)cccc2Cl)c1N. The van der Waals surface area contributed by atoms with E-state index in [1.165, 1.54) is 18.0 Å². The number of aromatic nitrogens is 2. The van der Waals surface area contributed by atoms with Gasteiger partial charge in [-0.25, -0.2) is 9.48 Å². The van der Waals surface area contributed by atoms with Gasteiger partial charge in [0.1, 0.15) is 17.1 Å². The van der Waals surface area contributed by atoms with Crippen molar-refractivity contribution < 1.29 is 9.53 Å². The van der Waals surface area contributed by atoms with Gasteiger partial charge in [0, 0.05) is 0 Å². The second kappa shape index (κ2) is 4.88. The fourth-order valence-electron chi connectivity index (χ4n) is 1.49. The molecule has 0 unspecified atom stereocenters. The molecule has 0 amide bonds. The summed E-state index contributed by atoms with van der Waals surface area (Å²) >= 11 is 12.1. The van der Waals surface area contributed by atoms with E-state index in [1.54, 1.807) is 18.2 Å². The lowest BCUT2D eigenvalue weighted by Gasteiger charge is -2.08. The highest BCUT2D eigenvalue weighted by molar-refractivity contribution is 6.37. The second-order valence-corrected chi connectivity index (χ2v) is 4.23. The molecule has 0 saturated carbocycles. The van der Waals surface area contributed by atoms with E-state index in [4.69, 9.17) is 28.9 Å². The van der Waals surface area contributed by atoms with E-state index in [9.17, 15) is 4.79 Å². The van der Waals surface area contributed by atoms with Gasteiger partial charge in [0.25, 0.3) is 0 Å². The molecular weight excluding hydrogens is 277 g/mol. The Bertz CT molecular complexity index is 590. The third-order valence-electron chi connectivity index (χ3n) is 2.36. The van der Waals surface area contributed by atoms with Crippen molar-refractivity contribution >= 4 is 35.0 Å². The summed E-state index contributed by atoms with van der Waals surface area (Å²) in [7, 11) is 1.27. The monoisotopic (exact) mass is 285 g/mol. The average Bonchev–Trinajstić information content (AvgIpc) is 2.71. The molecule has 0 aliphatic heterocycles. The minimum atomic E-state index is -0.568. The number of esters is 1. The van der Waals surface area contributed by atoms with Crippen molar-refractivity contribution in [2.24, 2.45) is 0 Å². The van der Waals surface area contributed by atoms with E-state index in [1.807, 2.05) is 0 Å². The number of carbonyl (C=O) groups is 1. The molecule has 2 aromatic rings. The molecule has 2 rings (SSSR count). The number of halogens is 2. The fourth-order valence-corrected chi connectivity index (χ4v) is 2.05. The van der Waals surface area contributed by atoms with Crippen LogP contribution in [0.1, 0.15) is 10.4 Å². The summed E-state index contributed by atoms with van der Waals surface area (Å²) < 4.78 is 5.89. The lowest BCUT2D eigenvalue weighted by Crippen LogP contribution is -2.08. The summed E-state index contributed by atoms with van der Waals surface area (Å²) in [5.74, 6) is -0.446. The van der Waals surface area contributed by atoms with E-state index in [-0.39, 0.29) is 11.4 Å².